The van der Waals surface area contributed by atoms with Gasteiger partial charge in [-0.25, -0.2) is 0 Å². The maximum absolute atomic E-state index is 8.79. The fourth-order valence-electron chi connectivity index (χ4n) is 1.96. The van der Waals surface area contributed by atoms with Gasteiger partial charge in [0.2, 0.25) is 0 Å². The summed E-state index contributed by atoms with van der Waals surface area (Å²) in [4.78, 5) is 0. The van der Waals surface area contributed by atoms with Gasteiger partial charge in [-0.15, -0.1) is 0 Å². The van der Waals surface area contributed by atoms with E-state index in [9.17, 15) is 0 Å². The molecule has 0 aliphatic rings. The monoisotopic (exact) mass is 314 g/mol. The normalized spacial score (nSPS) is 11.6. The second kappa shape index (κ2) is 6.40. The average molecular weight is 315 g/mol. The van der Waals surface area contributed by atoms with Gasteiger partial charge >= 0.3 is 0 Å². The van der Waals surface area contributed by atoms with E-state index >= 15 is 0 Å². The summed E-state index contributed by atoms with van der Waals surface area (Å²) in [6, 6.07) is 18.3. The van der Waals surface area contributed by atoms with E-state index in [4.69, 9.17) is 5.26 Å². The Morgan fingerprint density at radius 2 is 1.74 bits per heavy atom. The number of benzene rings is 2. The number of hydrogen-bond donors (Lipinski definition) is 1. The third-order valence-corrected chi connectivity index (χ3v) is 3.56. The standard InChI is InChI=1S/C16H15BrN2/c1-2-16(13-5-7-14(17)8-6-13)19-15-9-3-12(11-18)4-10-15/h3-10,16,19H,2H2,1H3. The van der Waals surface area contributed by atoms with Gasteiger partial charge < -0.3 is 5.32 Å². The summed E-state index contributed by atoms with van der Waals surface area (Å²) >= 11 is 3.45. The molecule has 0 heterocycles. The Hall–Kier alpha value is -1.79. The predicted octanol–water partition coefficient (Wildman–Crippen LogP) is 4.88. The van der Waals surface area contributed by atoms with Crippen LogP contribution in [0.1, 0.15) is 30.5 Å². The van der Waals surface area contributed by atoms with E-state index < -0.39 is 0 Å². The van der Waals surface area contributed by atoms with E-state index in [0.717, 1.165) is 16.6 Å². The van der Waals surface area contributed by atoms with Gasteiger partial charge in [-0.05, 0) is 48.4 Å². The maximum Gasteiger partial charge on any atom is 0.0991 e. The van der Waals surface area contributed by atoms with Crippen molar-refractivity contribution < 1.29 is 0 Å². The van der Waals surface area contributed by atoms with Crippen molar-refractivity contribution in [1.29, 1.82) is 5.26 Å². The fourth-order valence-corrected chi connectivity index (χ4v) is 2.22. The van der Waals surface area contributed by atoms with Crippen LogP contribution in [0.5, 0.6) is 0 Å². The molecule has 0 spiro atoms. The van der Waals surface area contributed by atoms with Crippen LogP contribution < -0.4 is 5.32 Å². The van der Waals surface area contributed by atoms with Gasteiger partial charge in [0.15, 0.2) is 0 Å². The molecule has 2 nitrogen and oxygen atoms in total. The highest BCUT2D eigenvalue weighted by Crippen LogP contribution is 2.24. The lowest BCUT2D eigenvalue weighted by Gasteiger charge is -2.19. The zero-order chi connectivity index (χ0) is 13.7. The van der Waals surface area contributed by atoms with Gasteiger partial charge in [0.25, 0.3) is 0 Å². The van der Waals surface area contributed by atoms with Crippen molar-refractivity contribution in [3.05, 3.63) is 64.1 Å². The molecule has 2 aromatic rings. The Kier molecular flexibility index (Phi) is 4.59. The van der Waals surface area contributed by atoms with Gasteiger partial charge in [-0.1, -0.05) is 35.0 Å². The van der Waals surface area contributed by atoms with Crippen molar-refractivity contribution in [2.45, 2.75) is 19.4 Å². The van der Waals surface area contributed by atoms with Gasteiger partial charge in [-0.3, -0.25) is 0 Å². The molecule has 0 saturated heterocycles. The van der Waals surface area contributed by atoms with E-state index in [0.29, 0.717) is 5.56 Å². The minimum absolute atomic E-state index is 0.279. The first kappa shape index (κ1) is 13.6. The minimum Gasteiger partial charge on any atom is -0.378 e. The molecule has 1 unspecified atom stereocenters. The van der Waals surface area contributed by atoms with Crippen molar-refractivity contribution in [3.8, 4) is 6.07 Å². The van der Waals surface area contributed by atoms with Crippen molar-refractivity contribution >= 4 is 21.6 Å². The number of nitrogens with zero attached hydrogens (tertiary/aromatic N) is 1. The molecule has 0 amide bonds. The van der Waals surface area contributed by atoms with Crippen LogP contribution in [0.25, 0.3) is 0 Å². The molecule has 1 atom stereocenters. The molecule has 0 aliphatic heterocycles. The predicted molar refractivity (Wildman–Crippen MR) is 82.0 cm³/mol. The van der Waals surface area contributed by atoms with Gasteiger partial charge in [-0.2, -0.15) is 5.26 Å². The minimum atomic E-state index is 0.279. The first-order chi connectivity index (χ1) is 9.22. The van der Waals surface area contributed by atoms with Crippen molar-refractivity contribution in [3.63, 3.8) is 0 Å². The zero-order valence-electron chi connectivity index (χ0n) is 10.7. The number of halogens is 1. The molecule has 0 aromatic heterocycles. The zero-order valence-corrected chi connectivity index (χ0v) is 12.3. The maximum atomic E-state index is 8.79. The van der Waals surface area contributed by atoms with Gasteiger partial charge in [0, 0.05) is 10.2 Å². The average Bonchev–Trinajstić information content (AvgIpc) is 2.46. The first-order valence-electron chi connectivity index (χ1n) is 6.25. The molecule has 96 valence electrons. The van der Waals surface area contributed by atoms with Crippen LogP contribution in [0.2, 0.25) is 0 Å². The molecule has 0 bridgehead atoms. The van der Waals surface area contributed by atoms with E-state index in [2.05, 4.69) is 58.5 Å². The van der Waals surface area contributed by atoms with Crippen LogP contribution in [-0.2, 0) is 0 Å². The molecule has 3 heteroatoms. The Labute approximate surface area is 122 Å². The Morgan fingerprint density at radius 3 is 2.26 bits per heavy atom. The molecule has 0 saturated carbocycles. The highest BCUT2D eigenvalue weighted by atomic mass is 79.9. The van der Waals surface area contributed by atoms with Crippen molar-refractivity contribution in [2.24, 2.45) is 0 Å². The summed E-state index contributed by atoms with van der Waals surface area (Å²) in [7, 11) is 0. The summed E-state index contributed by atoms with van der Waals surface area (Å²) in [6.07, 6.45) is 1.00. The smallest absolute Gasteiger partial charge is 0.0991 e. The van der Waals surface area contributed by atoms with Crippen LogP contribution in [0, 0.1) is 11.3 Å². The number of hydrogen-bond acceptors (Lipinski definition) is 2. The Bertz CT molecular complexity index is 567. The topological polar surface area (TPSA) is 35.8 Å². The van der Waals surface area contributed by atoms with Crippen molar-refractivity contribution in [2.75, 3.05) is 5.32 Å². The highest BCUT2D eigenvalue weighted by Gasteiger charge is 2.08. The molecular weight excluding hydrogens is 300 g/mol. The third kappa shape index (κ3) is 3.59. The second-order valence-corrected chi connectivity index (χ2v) is 5.26. The number of nitriles is 1. The Balaban J connectivity index is 2.14. The van der Waals surface area contributed by atoms with Gasteiger partial charge in [0.05, 0.1) is 17.7 Å². The fraction of sp³-hybridized carbons (Fsp3) is 0.188. The summed E-state index contributed by atoms with van der Waals surface area (Å²) < 4.78 is 1.09. The lowest BCUT2D eigenvalue weighted by molar-refractivity contribution is 0.749. The molecule has 2 rings (SSSR count). The van der Waals surface area contributed by atoms with Gasteiger partial charge in [0.1, 0.15) is 0 Å². The van der Waals surface area contributed by atoms with Crippen molar-refractivity contribution in [1.82, 2.24) is 0 Å². The summed E-state index contributed by atoms with van der Waals surface area (Å²) in [6.45, 7) is 2.16. The lowest BCUT2D eigenvalue weighted by atomic mass is 10.0. The van der Waals surface area contributed by atoms with Crippen LogP contribution in [-0.4, -0.2) is 0 Å². The van der Waals surface area contributed by atoms with E-state index in [1.165, 1.54) is 5.56 Å². The van der Waals surface area contributed by atoms with E-state index in [1.54, 1.807) is 0 Å². The summed E-state index contributed by atoms with van der Waals surface area (Å²) in [5.74, 6) is 0. The van der Waals surface area contributed by atoms with Crippen LogP contribution in [0.4, 0.5) is 5.69 Å². The Morgan fingerprint density at radius 1 is 1.11 bits per heavy atom. The SMILES string of the molecule is CCC(Nc1ccc(C#N)cc1)c1ccc(Br)cc1. The van der Waals surface area contributed by atoms with Crippen LogP contribution in [0.3, 0.4) is 0 Å². The summed E-state index contributed by atoms with van der Waals surface area (Å²) in [5.41, 5.74) is 2.98. The molecule has 19 heavy (non-hydrogen) atoms. The van der Waals surface area contributed by atoms with E-state index in [-0.39, 0.29) is 6.04 Å². The molecule has 0 radical (unpaired) electrons. The van der Waals surface area contributed by atoms with Crippen LogP contribution >= 0.6 is 15.9 Å². The third-order valence-electron chi connectivity index (χ3n) is 3.04. The second-order valence-electron chi connectivity index (χ2n) is 4.35. The number of rotatable bonds is 4. The highest BCUT2D eigenvalue weighted by molar-refractivity contribution is 9.10. The molecular formula is C16H15BrN2. The van der Waals surface area contributed by atoms with Crippen LogP contribution in [0.15, 0.2) is 53.0 Å². The number of anilines is 1. The summed E-state index contributed by atoms with van der Waals surface area (Å²) in [5, 5.41) is 12.3. The number of nitrogens with one attached hydrogen (secondary N) is 1. The molecule has 2 aromatic carbocycles. The quantitative estimate of drug-likeness (QED) is 0.872. The largest absolute Gasteiger partial charge is 0.378 e. The lowest BCUT2D eigenvalue weighted by Crippen LogP contribution is -2.09. The molecule has 0 aliphatic carbocycles. The molecule has 1 N–H and O–H groups in total. The molecule has 0 fully saturated rings. The first-order valence-corrected chi connectivity index (χ1v) is 7.04. The van der Waals surface area contributed by atoms with E-state index in [1.807, 2.05) is 24.3 Å².